The Morgan fingerprint density at radius 1 is 1.23 bits per heavy atom. The van der Waals surface area contributed by atoms with Gasteiger partial charge in [-0.25, -0.2) is 18.4 Å². The van der Waals surface area contributed by atoms with E-state index in [2.05, 4.69) is 20.4 Å². The van der Waals surface area contributed by atoms with Crippen LogP contribution in [0.4, 0.5) is 19.0 Å². The minimum atomic E-state index is -4.54. The van der Waals surface area contributed by atoms with Crippen molar-refractivity contribution < 1.29 is 21.6 Å². The molecule has 0 amide bonds. The molecule has 2 aromatic rings. The summed E-state index contributed by atoms with van der Waals surface area (Å²) in [6.45, 7) is 0.512. The maximum atomic E-state index is 12.7. The number of sulfonamides is 1. The van der Waals surface area contributed by atoms with Gasteiger partial charge < -0.3 is 5.32 Å². The molecule has 0 unspecified atom stereocenters. The molecule has 1 aliphatic heterocycles. The number of hydrogen-bond acceptors (Lipinski definition) is 6. The van der Waals surface area contributed by atoms with Gasteiger partial charge in [-0.1, -0.05) is 0 Å². The zero-order chi connectivity index (χ0) is 18.9. The summed E-state index contributed by atoms with van der Waals surface area (Å²) in [7, 11) is -1.98. The van der Waals surface area contributed by atoms with Crippen LogP contribution in [-0.2, 0) is 23.2 Å². The number of piperidine rings is 1. The molecule has 12 heteroatoms. The molecule has 2 aromatic heterocycles. The lowest BCUT2D eigenvalue weighted by molar-refractivity contribution is -0.141. The number of nitrogens with zero attached hydrogens (tertiary/aromatic N) is 5. The molecular weight excluding hydrogens is 373 g/mol. The SMILES string of the molecule is Cn1cc(S(=O)(=O)N2CCC(Nc3cc(C(F)(F)F)ncn3)CC2)cn1. The lowest BCUT2D eigenvalue weighted by Gasteiger charge is -2.31. The predicted octanol–water partition coefficient (Wildman–Crippen LogP) is 1.49. The molecule has 0 saturated carbocycles. The molecule has 3 rings (SSSR count). The third-order valence-corrected chi connectivity index (χ3v) is 5.93. The smallest absolute Gasteiger partial charge is 0.367 e. The van der Waals surface area contributed by atoms with Crippen LogP contribution >= 0.6 is 0 Å². The molecule has 1 fully saturated rings. The number of aryl methyl sites for hydroxylation is 1. The molecule has 0 bridgehead atoms. The second-order valence-electron chi connectivity index (χ2n) is 5.96. The molecule has 8 nitrogen and oxygen atoms in total. The average molecular weight is 390 g/mol. The Labute approximate surface area is 148 Å². The van der Waals surface area contributed by atoms with Crippen LogP contribution in [-0.4, -0.2) is 51.6 Å². The lowest BCUT2D eigenvalue weighted by atomic mass is 10.1. The second kappa shape index (κ2) is 6.83. The van der Waals surface area contributed by atoms with E-state index < -0.39 is 21.9 Å². The fourth-order valence-electron chi connectivity index (χ4n) is 2.72. The Hall–Kier alpha value is -2.21. The van der Waals surface area contributed by atoms with Crippen LogP contribution in [0.2, 0.25) is 0 Å². The number of anilines is 1. The van der Waals surface area contributed by atoms with Crippen LogP contribution in [0.1, 0.15) is 18.5 Å². The summed E-state index contributed by atoms with van der Waals surface area (Å²) >= 11 is 0. The van der Waals surface area contributed by atoms with Gasteiger partial charge in [0.2, 0.25) is 10.0 Å². The number of hydrogen-bond donors (Lipinski definition) is 1. The summed E-state index contributed by atoms with van der Waals surface area (Å²) in [6, 6.07) is 0.671. The summed E-state index contributed by atoms with van der Waals surface area (Å²) in [4.78, 5) is 7.13. The van der Waals surface area contributed by atoms with Gasteiger partial charge in [0.15, 0.2) is 0 Å². The van der Waals surface area contributed by atoms with E-state index in [4.69, 9.17) is 0 Å². The molecule has 0 aliphatic carbocycles. The molecule has 1 saturated heterocycles. The first-order chi connectivity index (χ1) is 12.2. The summed E-state index contributed by atoms with van der Waals surface area (Å²) in [6.07, 6.45) is -0.0676. The number of nitrogens with one attached hydrogen (secondary N) is 1. The van der Waals surface area contributed by atoms with E-state index in [1.165, 1.54) is 21.4 Å². The highest BCUT2D eigenvalue weighted by molar-refractivity contribution is 7.89. The predicted molar refractivity (Wildman–Crippen MR) is 85.6 cm³/mol. The molecule has 0 atom stereocenters. The van der Waals surface area contributed by atoms with Gasteiger partial charge in [0.1, 0.15) is 22.7 Å². The minimum Gasteiger partial charge on any atom is -0.367 e. The zero-order valence-corrected chi connectivity index (χ0v) is 14.6. The Morgan fingerprint density at radius 3 is 2.50 bits per heavy atom. The number of aromatic nitrogens is 4. The summed E-state index contributed by atoms with van der Waals surface area (Å²) in [5, 5.41) is 6.79. The van der Waals surface area contributed by atoms with Gasteiger partial charge in [0.25, 0.3) is 0 Å². The van der Waals surface area contributed by atoms with Gasteiger partial charge in [-0.2, -0.15) is 22.6 Å². The van der Waals surface area contributed by atoms with Crippen molar-refractivity contribution in [2.24, 2.45) is 7.05 Å². The van der Waals surface area contributed by atoms with E-state index in [0.29, 0.717) is 12.8 Å². The largest absolute Gasteiger partial charge is 0.433 e. The zero-order valence-electron chi connectivity index (χ0n) is 13.8. The van der Waals surface area contributed by atoms with Crippen molar-refractivity contribution in [2.45, 2.75) is 30.0 Å². The van der Waals surface area contributed by atoms with Crippen molar-refractivity contribution in [3.63, 3.8) is 0 Å². The molecule has 142 valence electrons. The molecular formula is C14H17F3N6O2S. The van der Waals surface area contributed by atoms with Crippen LogP contribution < -0.4 is 5.32 Å². The molecule has 3 heterocycles. The standard InChI is InChI=1S/C14H17F3N6O2S/c1-22-8-11(7-20-22)26(24,25)23-4-2-10(3-5-23)21-13-6-12(14(15,16)17)18-9-19-13/h6-10H,2-5H2,1H3,(H,18,19,21). The van der Waals surface area contributed by atoms with Crippen molar-refractivity contribution in [2.75, 3.05) is 18.4 Å². The van der Waals surface area contributed by atoms with Crippen molar-refractivity contribution in [3.05, 3.63) is 30.5 Å². The van der Waals surface area contributed by atoms with Gasteiger partial charge in [-0.3, -0.25) is 4.68 Å². The molecule has 0 spiro atoms. The minimum absolute atomic E-state index is 0.0703. The van der Waals surface area contributed by atoms with Crippen molar-refractivity contribution >= 4 is 15.8 Å². The number of alkyl halides is 3. The first kappa shape index (κ1) is 18.6. The fourth-order valence-corrected chi connectivity index (χ4v) is 4.18. The highest BCUT2D eigenvalue weighted by atomic mass is 32.2. The van der Waals surface area contributed by atoms with E-state index in [0.717, 1.165) is 12.4 Å². The van der Waals surface area contributed by atoms with E-state index in [9.17, 15) is 21.6 Å². The van der Waals surface area contributed by atoms with Crippen LogP contribution in [0, 0.1) is 0 Å². The lowest BCUT2D eigenvalue weighted by Crippen LogP contribution is -2.42. The van der Waals surface area contributed by atoms with Crippen LogP contribution in [0.5, 0.6) is 0 Å². The molecule has 0 aromatic carbocycles. The fraction of sp³-hybridized carbons (Fsp3) is 0.500. The van der Waals surface area contributed by atoms with Gasteiger partial charge in [-0.05, 0) is 12.8 Å². The van der Waals surface area contributed by atoms with Gasteiger partial charge in [0, 0.05) is 38.4 Å². The molecule has 1 aliphatic rings. The summed E-state index contributed by atoms with van der Waals surface area (Å²) < 4.78 is 65.9. The maximum Gasteiger partial charge on any atom is 0.433 e. The summed E-state index contributed by atoms with van der Waals surface area (Å²) in [5.74, 6) is 0.0703. The highest BCUT2D eigenvalue weighted by Gasteiger charge is 2.34. The number of rotatable bonds is 4. The van der Waals surface area contributed by atoms with Gasteiger partial charge >= 0.3 is 6.18 Å². The van der Waals surface area contributed by atoms with Gasteiger partial charge in [0.05, 0.1) is 6.20 Å². The normalized spacial score (nSPS) is 17.4. The van der Waals surface area contributed by atoms with Crippen molar-refractivity contribution in [1.29, 1.82) is 0 Å². The van der Waals surface area contributed by atoms with Crippen molar-refractivity contribution in [1.82, 2.24) is 24.1 Å². The Morgan fingerprint density at radius 2 is 1.92 bits per heavy atom. The van der Waals surface area contributed by atoms with E-state index in [1.807, 2.05) is 0 Å². The quantitative estimate of drug-likeness (QED) is 0.850. The number of halogens is 3. The summed E-state index contributed by atoms with van der Waals surface area (Å²) in [5.41, 5.74) is -1.02. The third kappa shape index (κ3) is 3.96. The first-order valence-electron chi connectivity index (χ1n) is 7.81. The maximum absolute atomic E-state index is 12.7. The highest BCUT2D eigenvalue weighted by Crippen LogP contribution is 2.29. The van der Waals surface area contributed by atoms with Crippen LogP contribution in [0.3, 0.4) is 0 Å². The van der Waals surface area contributed by atoms with E-state index in [1.54, 1.807) is 7.05 Å². The third-order valence-electron chi connectivity index (χ3n) is 4.08. The van der Waals surface area contributed by atoms with Crippen LogP contribution in [0.25, 0.3) is 0 Å². The topological polar surface area (TPSA) is 93.0 Å². The Bertz CT molecular complexity index is 875. The average Bonchev–Trinajstić information content (AvgIpc) is 3.02. The van der Waals surface area contributed by atoms with Crippen LogP contribution in [0.15, 0.2) is 29.7 Å². The second-order valence-corrected chi connectivity index (χ2v) is 7.90. The first-order valence-corrected chi connectivity index (χ1v) is 9.25. The van der Waals surface area contributed by atoms with E-state index in [-0.39, 0.29) is 29.8 Å². The molecule has 1 N–H and O–H groups in total. The molecule has 0 radical (unpaired) electrons. The Kier molecular flexibility index (Phi) is 4.88. The molecule has 26 heavy (non-hydrogen) atoms. The van der Waals surface area contributed by atoms with E-state index >= 15 is 0 Å². The monoisotopic (exact) mass is 390 g/mol. The van der Waals surface area contributed by atoms with Crippen molar-refractivity contribution in [3.8, 4) is 0 Å². The van der Waals surface area contributed by atoms with Gasteiger partial charge in [-0.15, -0.1) is 0 Å². The Balaban J connectivity index is 1.62.